The number of nitrogens with zero attached hydrogens (tertiary/aromatic N) is 1. The molecule has 0 aliphatic carbocycles. The highest BCUT2D eigenvalue weighted by Gasteiger charge is 2.39. The van der Waals surface area contributed by atoms with Gasteiger partial charge in [0, 0.05) is 43.5 Å². The summed E-state index contributed by atoms with van der Waals surface area (Å²) in [6.07, 6.45) is -0.277. The molecule has 2 aliphatic heterocycles. The van der Waals surface area contributed by atoms with Crippen LogP contribution in [-0.2, 0) is 9.59 Å². The summed E-state index contributed by atoms with van der Waals surface area (Å²) < 4.78 is 0. The minimum atomic E-state index is -1.04. The van der Waals surface area contributed by atoms with Crippen LogP contribution >= 0.6 is 11.8 Å². The van der Waals surface area contributed by atoms with Crippen LogP contribution in [0.2, 0.25) is 0 Å². The van der Waals surface area contributed by atoms with Gasteiger partial charge in [-0.3, -0.25) is 4.79 Å². The summed E-state index contributed by atoms with van der Waals surface area (Å²) in [6.45, 7) is 1.02. The summed E-state index contributed by atoms with van der Waals surface area (Å²) >= 11 is 1.80. The first kappa shape index (κ1) is 13.6. The molecule has 3 N–H and O–H groups in total. The number of β-amino-alcohol motifs (C(OH)–C–C–N with tert-alkyl or cyclic N) is 1. The summed E-state index contributed by atoms with van der Waals surface area (Å²) in [5, 5.41) is 21.8. The molecule has 7 heteroatoms. The van der Waals surface area contributed by atoms with Gasteiger partial charge in [-0.15, -0.1) is 0 Å². The first-order valence-electron chi connectivity index (χ1n) is 6.09. The maximum Gasteiger partial charge on any atom is 0.326 e. The van der Waals surface area contributed by atoms with Crippen LogP contribution in [0.25, 0.3) is 0 Å². The first-order chi connectivity index (χ1) is 8.58. The molecule has 2 aliphatic rings. The standard InChI is InChI=1S/C11H18N2O4S/c14-8-4-9(11(16)17)13(5-8)10(15)3-7-6-18-2-1-12-7/h7-9,12,14H,1-6H2,(H,16,17)/t7?,8?,9-/m0/s1. The Kier molecular flexibility index (Phi) is 4.47. The van der Waals surface area contributed by atoms with E-state index in [0.29, 0.717) is 6.42 Å². The Morgan fingerprint density at radius 3 is 2.83 bits per heavy atom. The second-order valence-corrected chi connectivity index (χ2v) is 5.87. The fourth-order valence-electron chi connectivity index (χ4n) is 2.40. The van der Waals surface area contributed by atoms with Crippen LogP contribution in [0.5, 0.6) is 0 Å². The maximum absolute atomic E-state index is 12.1. The average molecular weight is 274 g/mol. The molecule has 0 saturated carbocycles. The number of carboxylic acid groups (broad SMARTS) is 1. The topological polar surface area (TPSA) is 89.9 Å². The molecule has 1 amide bonds. The fourth-order valence-corrected chi connectivity index (χ4v) is 3.35. The number of aliphatic hydroxyl groups is 1. The van der Waals surface area contributed by atoms with Crippen molar-refractivity contribution in [2.24, 2.45) is 0 Å². The number of nitrogens with one attached hydrogen (secondary N) is 1. The minimum absolute atomic E-state index is 0.114. The van der Waals surface area contributed by atoms with E-state index < -0.39 is 18.1 Å². The third-order valence-electron chi connectivity index (χ3n) is 3.30. The number of carbonyl (C=O) groups excluding carboxylic acids is 1. The van der Waals surface area contributed by atoms with Gasteiger partial charge in [0.15, 0.2) is 0 Å². The molecule has 0 radical (unpaired) electrons. The predicted octanol–water partition coefficient (Wildman–Crippen LogP) is -0.872. The highest BCUT2D eigenvalue weighted by Crippen LogP contribution is 2.20. The summed E-state index contributed by atoms with van der Waals surface area (Å²) in [6, 6.07) is -0.757. The normalized spacial score (nSPS) is 32.5. The van der Waals surface area contributed by atoms with Gasteiger partial charge < -0.3 is 20.4 Å². The fraction of sp³-hybridized carbons (Fsp3) is 0.818. The molecule has 18 heavy (non-hydrogen) atoms. The van der Waals surface area contributed by atoms with Gasteiger partial charge in [-0.05, 0) is 0 Å². The Labute approximate surface area is 110 Å². The molecule has 0 bridgehead atoms. The number of rotatable bonds is 3. The molecule has 0 aromatic heterocycles. The van der Waals surface area contributed by atoms with Gasteiger partial charge >= 0.3 is 5.97 Å². The number of amides is 1. The zero-order valence-corrected chi connectivity index (χ0v) is 10.9. The number of carboxylic acids is 1. The number of hydrogen-bond donors (Lipinski definition) is 3. The van der Waals surface area contributed by atoms with Crippen molar-refractivity contribution in [3.63, 3.8) is 0 Å². The Hall–Kier alpha value is -0.790. The molecule has 0 aromatic rings. The molecule has 3 atom stereocenters. The summed E-state index contributed by atoms with van der Waals surface area (Å²) in [5.74, 6) is 0.704. The lowest BCUT2D eigenvalue weighted by atomic mass is 10.1. The highest BCUT2D eigenvalue weighted by atomic mass is 32.2. The molecule has 102 valence electrons. The van der Waals surface area contributed by atoms with Gasteiger partial charge in [-0.1, -0.05) is 0 Å². The highest BCUT2D eigenvalue weighted by molar-refractivity contribution is 7.99. The number of likely N-dealkylation sites (tertiary alicyclic amines) is 1. The SMILES string of the molecule is O=C(O)[C@@H]1CC(O)CN1C(=O)CC1CSCCN1. The van der Waals surface area contributed by atoms with Crippen molar-refractivity contribution in [2.45, 2.75) is 31.0 Å². The van der Waals surface area contributed by atoms with Gasteiger partial charge in [-0.2, -0.15) is 11.8 Å². The van der Waals surface area contributed by atoms with E-state index in [1.807, 2.05) is 0 Å². The lowest BCUT2D eigenvalue weighted by molar-refractivity contribution is -0.148. The van der Waals surface area contributed by atoms with Crippen LogP contribution in [0.1, 0.15) is 12.8 Å². The van der Waals surface area contributed by atoms with E-state index in [1.165, 1.54) is 4.90 Å². The third-order valence-corrected chi connectivity index (χ3v) is 4.43. The van der Waals surface area contributed by atoms with E-state index in [0.717, 1.165) is 18.1 Å². The van der Waals surface area contributed by atoms with Gasteiger partial charge in [-0.25, -0.2) is 4.79 Å². The number of aliphatic carboxylic acids is 1. The number of carbonyl (C=O) groups is 2. The van der Waals surface area contributed by atoms with Gasteiger partial charge in [0.05, 0.1) is 6.10 Å². The number of thioether (sulfide) groups is 1. The number of hydrogen-bond acceptors (Lipinski definition) is 5. The van der Waals surface area contributed by atoms with Crippen molar-refractivity contribution in [3.8, 4) is 0 Å². The lowest BCUT2D eigenvalue weighted by Gasteiger charge is -2.26. The predicted molar refractivity (Wildman–Crippen MR) is 67.5 cm³/mol. The average Bonchev–Trinajstić information content (AvgIpc) is 2.73. The van der Waals surface area contributed by atoms with Crippen molar-refractivity contribution in [1.82, 2.24) is 10.2 Å². The molecular formula is C11H18N2O4S. The van der Waals surface area contributed by atoms with Crippen LogP contribution < -0.4 is 5.32 Å². The van der Waals surface area contributed by atoms with E-state index in [4.69, 9.17) is 5.11 Å². The van der Waals surface area contributed by atoms with Crippen molar-refractivity contribution >= 4 is 23.6 Å². The Morgan fingerprint density at radius 2 is 2.22 bits per heavy atom. The van der Waals surface area contributed by atoms with Crippen LogP contribution in [-0.4, -0.2) is 69.8 Å². The third kappa shape index (κ3) is 3.15. The number of aliphatic hydroxyl groups excluding tert-OH is 1. The Morgan fingerprint density at radius 1 is 1.44 bits per heavy atom. The maximum atomic E-state index is 12.1. The molecule has 0 spiro atoms. The zero-order valence-electron chi connectivity index (χ0n) is 10.0. The van der Waals surface area contributed by atoms with Crippen LogP contribution in [0.4, 0.5) is 0 Å². The quantitative estimate of drug-likeness (QED) is 0.620. The van der Waals surface area contributed by atoms with Crippen molar-refractivity contribution in [3.05, 3.63) is 0 Å². The summed E-state index contributed by atoms with van der Waals surface area (Å²) in [4.78, 5) is 24.4. The van der Waals surface area contributed by atoms with E-state index in [2.05, 4.69) is 5.32 Å². The molecule has 0 aromatic carbocycles. The minimum Gasteiger partial charge on any atom is -0.480 e. The second-order valence-electron chi connectivity index (χ2n) is 4.72. The van der Waals surface area contributed by atoms with Crippen LogP contribution in [0, 0.1) is 0 Å². The molecule has 2 unspecified atom stereocenters. The van der Waals surface area contributed by atoms with E-state index >= 15 is 0 Å². The molecule has 2 rings (SSSR count). The van der Waals surface area contributed by atoms with Gasteiger partial charge in [0.25, 0.3) is 0 Å². The smallest absolute Gasteiger partial charge is 0.326 e. The zero-order chi connectivity index (χ0) is 13.1. The first-order valence-corrected chi connectivity index (χ1v) is 7.25. The van der Waals surface area contributed by atoms with Crippen molar-refractivity contribution < 1.29 is 19.8 Å². The van der Waals surface area contributed by atoms with Gasteiger partial charge in [0.2, 0.25) is 5.91 Å². The lowest BCUT2D eigenvalue weighted by Crippen LogP contribution is -2.46. The largest absolute Gasteiger partial charge is 0.480 e. The van der Waals surface area contributed by atoms with Gasteiger partial charge in [0.1, 0.15) is 6.04 Å². The van der Waals surface area contributed by atoms with Crippen molar-refractivity contribution in [2.75, 3.05) is 24.6 Å². The van der Waals surface area contributed by atoms with Crippen LogP contribution in [0.3, 0.4) is 0 Å². The van der Waals surface area contributed by atoms with E-state index in [9.17, 15) is 14.7 Å². The molecule has 2 heterocycles. The van der Waals surface area contributed by atoms with Crippen molar-refractivity contribution in [1.29, 1.82) is 0 Å². The van der Waals surface area contributed by atoms with E-state index in [1.54, 1.807) is 11.8 Å². The molecule has 2 fully saturated rings. The monoisotopic (exact) mass is 274 g/mol. The molecule has 2 saturated heterocycles. The van der Waals surface area contributed by atoms with E-state index in [-0.39, 0.29) is 24.9 Å². The second kappa shape index (κ2) is 5.90. The Balaban J connectivity index is 1.92. The summed E-state index contributed by atoms with van der Waals surface area (Å²) in [5.41, 5.74) is 0. The molecule has 6 nitrogen and oxygen atoms in total. The molecular weight excluding hydrogens is 256 g/mol. The Bertz CT molecular complexity index is 333. The summed E-state index contributed by atoms with van der Waals surface area (Å²) in [7, 11) is 0. The van der Waals surface area contributed by atoms with Crippen LogP contribution in [0.15, 0.2) is 0 Å².